The maximum absolute atomic E-state index is 12.6. The van der Waals surface area contributed by atoms with Crippen LogP contribution in [0.3, 0.4) is 0 Å². The lowest BCUT2D eigenvalue weighted by atomic mass is 10.1. The van der Waals surface area contributed by atoms with Gasteiger partial charge in [0.15, 0.2) is 0 Å². The molecular formula is C14H18Cl2N2O2. The van der Waals surface area contributed by atoms with E-state index in [0.717, 1.165) is 6.42 Å². The molecule has 0 aromatic heterocycles. The highest BCUT2D eigenvalue weighted by Crippen LogP contribution is 2.30. The number of nitrogens with two attached hydrogens (primary N) is 1. The highest BCUT2D eigenvalue weighted by atomic mass is 35.5. The zero-order chi connectivity index (χ0) is 14.9. The molecule has 6 heteroatoms. The summed E-state index contributed by atoms with van der Waals surface area (Å²) in [6.07, 6.45) is 0.872. The second-order valence-electron chi connectivity index (χ2n) is 5.02. The van der Waals surface area contributed by atoms with Crippen LogP contribution in [-0.2, 0) is 4.74 Å². The Morgan fingerprint density at radius 1 is 1.50 bits per heavy atom. The first-order chi connectivity index (χ1) is 9.43. The molecule has 2 atom stereocenters. The molecule has 0 spiro atoms. The fourth-order valence-corrected chi connectivity index (χ4v) is 2.67. The second-order valence-corrected chi connectivity index (χ2v) is 5.81. The van der Waals surface area contributed by atoms with Crippen molar-refractivity contribution in [3.8, 4) is 0 Å². The molecule has 0 saturated carbocycles. The maximum Gasteiger partial charge on any atom is 0.254 e. The first kappa shape index (κ1) is 15.4. The van der Waals surface area contributed by atoms with E-state index < -0.39 is 0 Å². The lowest BCUT2D eigenvalue weighted by molar-refractivity contribution is -0.0444. The Morgan fingerprint density at radius 2 is 2.20 bits per heavy atom. The number of hydrogen-bond donors (Lipinski definition) is 1. The summed E-state index contributed by atoms with van der Waals surface area (Å²) in [6.45, 7) is 5.11. The van der Waals surface area contributed by atoms with Crippen LogP contribution >= 0.6 is 23.2 Å². The number of carbonyl (C=O) groups excluding carboxylic acids is 1. The molecule has 0 radical (unpaired) electrons. The van der Waals surface area contributed by atoms with Gasteiger partial charge in [0, 0.05) is 12.1 Å². The summed E-state index contributed by atoms with van der Waals surface area (Å²) in [7, 11) is 0. The standard InChI is InChI=1S/C14H18Cl2N2O2/c1-3-10-7-20-8(2)6-18(10)14(19)9-4-11(15)13(16)12(17)5-9/h4-5,8,10H,3,6-7,17H2,1-2H3. The smallest absolute Gasteiger partial charge is 0.254 e. The van der Waals surface area contributed by atoms with Gasteiger partial charge < -0.3 is 15.4 Å². The third-order valence-electron chi connectivity index (χ3n) is 3.50. The number of nitrogen functional groups attached to an aromatic ring is 1. The van der Waals surface area contributed by atoms with E-state index in [1.807, 2.05) is 18.7 Å². The summed E-state index contributed by atoms with van der Waals surface area (Å²) >= 11 is 11.9. The van der Waals surface area contributed by atoms with Gasteiger partial charge in [-0.3, -0.25) is 4.79 Å². The van der Waals surface area contributed by atoms with Crippen LogP contribution in [0.25, 0.3) is 0 Å². The van der Waals surface area contributed by atoms with Crippen molar-refractivity contribution in [2.24, 2.45) is 0 Å². The van der Waals surface area contributed by atoms with E-state index in [2.05, 4.69) is 0 Å². The Morgan fingerprint density at radius 3 is 2.80 bits per heavy atom. The number of halogens is 2. The Bertz CT molecular complexity index is 499. The van der Waals surface area contributed by atoms with Crippen molar-refractivity contribution in [2.75, 3.05) is 18.9 Å². The highest BCUT2D eigenvalue weighted by molar-refractivity contribution is 6.43. The lowest BCUT2D eigenvalue weighted by Crippen LogP contribution is -2.51. The number of rotatable bonds is 2. The van der Waals surface area contributed by atoms with E-state index in [4.69, 9.17) is 33.7 Å². The molecule has 0 aliphatic carbocycles. The molecule has 1 heterocycles. The fraction of sp³-hybridized carbons (Fsp3) is 0.500. The lowest BCUT2D eigenvalue weighted by Gasteiger charge is -2.38. The van der Waals surface area contributed by atoms with Gasteiger partial charge in [-0.15, -0.1) is 0 Å². The van der Waals surface area contributed by atoms with E-state index in [1.165, 1.54) is 0 Å². The average molecular weight is 317 g/mol. The van der Waals surface area contributed by atoms with Gasteiger partial charge in [-0.1, -0.05) is 30.1 Å². The Kier molecular flexibility index (Phi) is 4.78. The summed E-state index contributed by atoms with van der Waals surface area (Å²) in [5.41, 5.74) is 6.55. The molecule has 0 bridgehead atoms. The van der Waals surface area contributed by atoms with E-state index in [-0.39, 0.29) is 23.1 Å². The Balaban J connectivity index is 2.29. The van der Waals surface area contributed by atoms with Crippen LogP contribution in [0.4, 0.5) is 5.69 Å². The van der Waals surface area contributed by atoms with E-state index in [9.17, 15) is 4.79 Å². The van der Waals surface area contributed by atoms with Gasteiger partial charge >= 0.3 is 0 Å². The predicted molar refractivity (Wildman–Crippen MR) is 81.4 cm³/mol. The predicted octanol–water partition coefficient (Wildman–Crippen LogP) is 3.22. The van der Waals surface area contributed by atoms with Crippen molar-refractivity contribution >= 4 is 34.8 Å². The molecule has 1 amide bonds. The van der Waals surface area contributed by atoms with Gasteiger partial charge in [0.2, 0.25) is 0 Å². The zero-order valence-corrected chi connectivity index (χ0v) is 13.0. The van der Waals surface area contributed by atoms with Gasteiger partial charge in [0.05, 0.1) is 34.5 Å². The third-order valence-corrected chi connectivity index (χ3v) is 4.32. The normalized spacial score (nSPS) is 22.9. The Hall–Kier alpha value is -0.970. The number of hydrogen-bond acceptors (Lipinski definition) is 3. The van der Waals surface area contributed by atoms with Crippen LogP contribution in [0.15, 0.2) is 12.1 Å². The maximum atomic E-state index is 12.6. The minimum Gasteiger partial charge on any atom is -0.397 e. The molecule has 1 fully saturated rings. The van der Waals surface area contributed by atoms with Crippen LogP contribution in [0.5, 0.6) is 0 Å². The number of nitrogens with zero attached hydrogens (tertiary/aromatic N) is 1. The van der Waals surface area contributed by atoms with Crippen molar-refractivity contribution in [1.82, 2.24) is 4.90 Å². The molecule has 110 valence electrons. The van der Waals surface area contributed by atoms with Crippen molar-refractivity contribution in [2.45, 2.75) is 32.4 Å². The highest BCUT2D eigenvalue weighted by Gasteiger charge is 2.30. The number of carbonyl (C=O) groups is 1. The van der Waals surface area contributed by atoms with Gasteiger partial charge in [-0.2, -0.15) is 0 Å². The summed E-state index contributed by atoms with van der Waals surface area (Å²) in [5.74, 6) is -0.0859. The number of ether oxygens (including phenoxy) is 1. The largest absolute Gasteiger partial charge is 0.397 e. The minimum absolute atomic E-state index is 0.0295. The molecule has 4 nitrogen and oxygen atoms in total. The topological polar surface area (TPSA) is 55.6 Å². The van der Waals surface area contributed by atoms with E-state index >= 15 is 0 Å². The first-order valence-corrected chi connectivity index (χ1v) is 7.36. The van der Waals surface area contributed by atoms with Crippen molar-refractivity contribution < 1.29 is 9.53 Å². The summed E-state index contributed by atoms with van der Waals surface area (Å²) < 4.78 is 5.60. The van der Waals surface area contributed by atoms with E-state index in [0.29, 0.717) is 29.4 Å². The van der Waals surface area contributed by atoms with Crippen LogP contribution in [0, 0.1) is 0 Å². The molecule has 1 aliphatic heterocycles. The number of amides is 1. The molecule has 2 rings (SSSR count). The van der Waals surface area contributed by atoms with Crippen molar-refractivity contribution in [3.05, 3.63) is 27.7 Å². The minimum atomic E-state index is -0.0859. The van der Waals surface area contributed by atoms with Crippen LogP contribution < -0.4 is 5.73 Å². The monoisotopic (exact) mass is 316 g/mol. The molecule has 1 aromatic carbocycles. The molecule has 20 heavy (non-hydrogen) atoms. The van der Waals surface area contributed by atoms with E-state index in [1.54, 1.807) is 12.1 Å². The molecule has 1 aromatic rings. The second kappa shape index (κ2) is 6.20. The average Bonchev–Trinajstić information content (AvgIpc) is 2.43. The molecule has 1 aliphatic rings. The molecule has 2 unspecified atom stereocenters. The number of benzene rings is 1. The molecular weight excluding hydrogens is 299 g/mol. The summed E-state index contributed by atoms with van der Waals surface area (Å²) in [4.78, 5) is 14.5. The Labute approximate surface area is 128 Å². The number of morpholine rings is 1. The quantitative estimate of drug-likeness (QED) is 0.852. The molecule has 2 N–H and O–H groups in total. The molecule has 1 saturated heterocycles. The van der Waals surface area contributed by atoms with Gasteiger partial charge in [-0.25, -0.2) is 0 Å². The van der Waals surface area contributed by atoms with Crippen LogP contribution in [0.1, 0.15) is 30.6 Å². The zero-order valence-electron chi connectivity index (χ0n) is 11.5. The number of anilines is 1. The first-order valence-electron chi connectivity index (χ1n) is 6.61. The van der Waals surface area contributed by atoms with Crippen molar-refractivity contribution in [1.29, 1.82) is 0 Å². The third kappa shape index (κ3) is 3.03. The fourth-order valence-electron chi connectivity index (χ4n) is 2.33. The SMILES string of the molecule is CCC1COC(C)CN1C(=O)c1cc(N)c(Cl)c(Cl)c1. The van der Waals surface area contributed by atoms with Crippen LogP contribution in [0.2, 0.25) is 10.0 Å². The van der Waals surface area contributed by atoms with Gasteiger partial charge in [0.1, 0.15) is 0 Å². The summed E-state index contributed by atoms with van der Waals surface area (Å²) in [5, 5.41) is 0.579. The van der Waals surface area contributed by atoms with Crippen molar-refractivity contribution in [3.63, 3.8) is 0 Å². The van der Waals surface area contributed by atoms with Gasteiger partial charge in [-0.05, 0) is 25.5 Å². The van der Waals surface area contributed by atoms with Gasteiger partial charge in [0.25, 0.3) is 5.91 Å². The van der Waals surface area contributed by atoms with Crippen LogP contribution in [-0.4, -0.2) is 36.1 Å². The summed E-state index contributed by atoms with van der Waals surface area (Å²) in [6, 6.07) is 3.22.